The van der Waals surface area contributed by atoms with Gasteiger partial charge in [-0.2, -0.15) is 0 Å². The van der Waals surface area contributed by atoms with Gasteiger partial charge in [0.25, 0.3) is 0 Å². The van der Waals surface area contributed by atoms with Crippen LogP contribution in [0.15, 0.2) is 18.2 Å². The molecule has 2 rings (SSSR count). The second-order valence-electron chi connectivity index (χ2n) is 4.17. The minimum Gasteiger partial charge on any atom is -0.371 e. The summed E-state index contributed by atoms with van der Waals surface area (Å²) in [5, 5.41) is 14.4. The van der Waals surface area contributed by atoms with Gasteiger partial charge in [-0.3, -0.25) is 0 Å². The molecular weight excluding hydrogens is 245 g/mol. The van der Waals surface area contributed by atoms with E-state index in [0.717, 1.165) is 24.9 Å². The quantitative estimate of drug-likeness (QED) is 0.790. The Morgan fingerprint density at radius 1 is 1.25 bits per heavy atom. The van der Waals surface area contributed by atoms with E-state index >= 15 is 0 Å². The van der Waals surface area contributed by atoms with Gasteiger partial charge in [0.05, 0.1) is 10.0 Å². The first-order chi connectivity index (χ1) is 7.59. The molecule has 0 spiro atoms. The van der Waals surface area contributed by atoms with Crippen molar-refractivity contribution in [1.82, 2.24) is 0 Å². The molecule has 1 unspecified atom stereocenters. The van der Waals surface area contributed by atoms with E-state index in [2.05, 4.69) is 11.7 Å². The summed E-state index contributed by atoms with van der Waals surface area (Å²) in [7, 11) is 0. The lowest BCUT2D eigenvalue weighted by atomic mass is 9.91. The first-order valence-electron chi connectivity index (χ1n) is 5.36. The molecule has 1 saturated carbocycles. The molecule has 0 aromatic heterocycles. The molecular formula is C12H14Cl2NO. The molecule has 4 heteroatoms. The maximum Gasteiger partial charge on any atom is 0.135 e. The SMILES string of the molecule is OC1(Nc2ccc(Cl)c(Cl)c2)C[CH]CCC1. The summed E-state index contributed by atoms with van der Waals surface area (Å²) < 4.78 is 0. The number of anilines is 1. The first-order valence-corrected chi connectivity index (χ1v) is 6.12. The van der Waals surface area contributed by atoms with Crippen molar-refractivity contribution >= 4 is 28.9 Å². The van der Waals surface area contributed by atoms with Gasteiger partial charge in [-0.25, -0.2) is 0 Å². The first kappa shape index (κ1) is 12.0. The van der Waals surface area contributed by atoms with Crippen LogP contribution < -0.4 is 5.32 Å². The van der Waals surface area contributed by atoms with Crippen molar-refractivity contribution in [2.75, 3.05) is 5.32 Å². The van der Waals surface area contributed by atoms with E-state index in [0.29, 0.717) is 16.5 Å². The van der Waals surface area contributed by atoms with Crippen LogP contribution in [0.3, 0.4) is 0 Å². The van der Waals surface area contributed by atoms with Crippen molar-refractivity contribution in [2.24, 2.45) is 0 Å². The van der Waals surface area contributed by atoms with Crippen LogP contribution >= 0.6 is 23.2 Å². The van der Waals surface area contributed by atoms with E-state index in [9.17, 15) is 5.11 Å². The second-order valence-corrected chi connectivity index (χ2v) is 4.98. The lowest BCUT2D eigenvalue weighted by Gasteiger charge is -2.33. The summed E-state index contributed by atoms with van der Waals surface area (Å²) in [4.78, 5) is 0. The molecule has 1 aromatic carbocycles. The fourth-order valence-electron chi connectivity index (χ4n) is 1.94. The fraction of sp³-hybridized carbons (Fsp3) is 0.417. The Labute approximate surface area is 106 Å². The molecule has 0 heterocycles. The van der Waals surface area contributed by atoms with Crippen LogP contribution in [0.25, 0.3) is 0 Å². The van der Waals surface area contributed by atoms with E-state index in [1.165, 1.54) is 0 Å². The number of hydrogen-bond acceptors (Lipinski definition) is 2. The molecule has 0 bridgehead atoms. The molecule has 16 heavy (non-hydrogen) atoms. The van der Waals surface area contributed by atoms with Gasteiger partial charge in [0.15, 0.2) is 0 Å². The van der Waals surface area contributed by atoms with Gasteiger partial charge in [0, 0.05) is 5.69 Å². The Hall–Kier alpha value is -0.440. The molecule has 2 nitrogen and oxygen atoms in total. The van der Waals surface area contributed by atoms with Crippen molar-refractivity contribution in [1.29, 1.82) is 0 Å². The average molecular weight is 259 g/mol. The molecule has 1 fully saturated rings. The van der Waals surface area contributed by atoms with Crippen molar-refractivity contribution in [2.45, 2.75) is 31.4 Å². The summed E-state index contributed by atoms with van der Waals surface area (Å²) in [6, 6.07) is 5.28. The van der Waals surface area contributed by atoms with Crippen molar-refractivity contribution in [3.05, 3.63) is 34.7 Å². The fourth-order valence-corrected chi connectivity index (χ4v) is 2.24. The normalized spacial score (nSPS) is 19.4. The van der Waals surface area contributed by atoms with Crippen LogP contribution in [-0.2, 0) is 0 Å². The molecule has 0 amide bonds. The number of benzene rings is 1. The third-order valence-corrected chi connectivity index (χ3v) is 3.52. The molecule has 87 valence electrons. The number of aliphatic hydroxyl groups is 1. The molecule has 2 N–H and O–H groups in total. The van der Waals surface area contributed by atoms with Crippen LogP contribution in [0, 0.1) is 6.42 Å². The van der Waals surface area contributed by atoms with Crippen LogP contribution in [0.5, 0.6) is 0 Å². The standard InChI is InChI=1S/C12H14Cl2NO/c13-10-5-4-9(8-11(10)14)15-12(16)6-2-1-3-7-12/h2,4-5,8,15-16H,1,3,6-7H2. The largest absolute Gasteiger partial charge is 0.371 e. The van der Waals surface area contributed by atoms with Crippen LogP contribution in [0.1, 0.15) is 25.7 Å². The molecule has 1 aromatic rings. The molecule has 0 aliphatic heterocycles. The van der Waals surface area contributed by atoms with E-state index in [-0.39, 0.29) is 0 Å². The summed E-state index contributed by atoms with van der Waals surface area (Å²) in [5.74, 6) is 0. The van der Waals surface area contributed by atoms with E-state index in [1.54, 1.807) is 12.1 Å². The lowest BCUT2D eigenvalue weighted by molar-refractivity contribution is 0.0466. The van der Waals surface area contributed by atoms with E-state index in [1.807, 2.05) is 6.07 Å². The van der Waals surface area contributed by atoms with Crippen LogP contribution in [-0.4, -0.2) is 10.8 Å². The number of halogens is 2. The Morgan fingerprint density at radius 2 is 2.06 bits per heavy atom. The van der Waals surface area contributed by atoms with Gasteiger partial charge in [-0.1, -0.05) is 23.2 Å². The predicted octanol–water partition coefficient (Wildman–Crippen LogP) is 3.87. The highest BCUT2D eigenvalue weighted by atomic mass is 35.5. The van der Waals surface area contributed by atoms with Gasteiger partial charge in [-0.05, 0) is 50.3 Å². The second kappa shape index (κ2) is 4.82. The van der Waals surface area contributed by atoms with Gasteiger partial charge in [0.2, 0.25) is 0 Å². The predicted molar refractivity (Wildman–Crippen MR) is 67.8 cm³/mol. The lowest BCUT2D eigenvalue weighted by Crippen LogP contribution is -2.40. The van der Waals surface area contributed by atoms with Crippen molar-refractivity contribution < 1.29 is 5.11 Å². The topological polar surface area (TPSA) is 32.3 Å². The van der Waals surface area contributed by atoms with E-state index < -0.39 is 5.72 Å². The van der Waals surface area contributed by atoms with Crippen LogP contribution in [0.4, 0.5) is 5.69 Å². The Kier molecular flexibility index (Phi) is 3.63. The van der Waals surface area contributed by atoms with E-state index in [4.69, 9.17) is 23.2 Å². The number of nitrogens with one attached hydrogen (secondary N) is 1. The molecule has 1 aliphatic carbocycles. The molecule has 1 aliphatic rings. The summed E-state index contributed by atoms with van der Waals surface area (Å²) in [5.41, 5.74) is -0.0396. The van der Waals surface area contributed by atoms with Crippen molar-refractivity contribution in [3.63, 3.8) is 0 Å². The smallest absolute Gasteiger partial charge is 0.135 e. The average Bonchev–Trinajstić information content (AvgIpc) is 2.24. The minimum absolute atomic E-state index is 0.495. The zero-order chi connectivity index (χ0) is 11.6. The molecule has 1 radical (unpaired) electrons. The summed E-state index contributed by atoms with van der Waals surface area (Å²) in [6.07, 6.45) is 5.60. The number of rotatable bonds is 2. The molecule has 0 saturated heterocycles. The highest BCUT2D eigenvalue weighted by molar-refractivity contribution is 6.42. The molecule has 1 atom stereocenters. The minimum atomic E-state index is -0.838. The van der Waals surface area contributed by atoms with Gasteiger partial charge < -0.3 is 10.4 Å². The Bertz CT molecular complexity index is 375. The summed E-state index contributed by atoms with van der Waals surface area (Å²) in [6.45, 7) is 0. The van der Waals surface area contributed by atoms with Gasteiger partial charge in [-0.15, -0.1) is 0 Å². The highest BCUT2D eigenvalue weighted by Crippen LogP contribution is 2.31. The maximum atomic E-state index is 10.3. The number of hydrogen-bond donors (Lipinski definition) is 2. The van der Waals surface area contributed by atoms with Gasteiger partial charge in [0.1, 0.15) is 5.72 Å². The zero-order valence-electron chi connectivity index (χ0n) is 8.84. The third-order valence-electron chi connectivity index (χ3n) is 2.78. The van der Waals surface area contributed by atoms with Crippen LogP contribution in [0.2, 0.25) is 10.0 Å². The Morgan fingerprint density at radius 3 is 2.69 bits per heavy atom. The monoisotopic (exact) mass is 258 g/mol. The maximum absolute atomic E-state index is 10.3. The van der Waals surface area contributed by atoms with Gasteiger partial charge >= 0.3 is 0 Å². The Balaban J connectivity index is 2.10. The third kappa shape index (κ3) is 2.82. The van der Waals surface area contributed by atoms with Crippen molar-refractivity contribution in [3.8, 4) is 0 Å². The summed E-state index contributed by atoms with van der Waals surface area (Å²) >= 11 is 11.7. The highest BCUT2D eigenvalue weighted by Gasteiger charge is 2.28. The zero-order valence-corrected chi connectivity index (χ0v) is 10.4.